The standard InChI is InChI=1S/C14H24N2O2S/c1-10-8-12(15)13(9-11(10)2)16-19(17,18)7-6-14(3,4)5/h8-9,16H,6-7,15H2,1-5H3. The molecule has 0 aliphatic rings. The first kappa shape index (κ1) is 15.8. The van der Waals surface area contributed by atoms with Crippen LogP contribution in [0, 0.1) is 19.3 Å². The summed E-state index contributed by atoms with van der Waals surface area (Å²) in [5.74, 6) is 0.100. The second-order valence-electron chi connectivity index (χ2n) is 6.26. The zero-order chi connectivity index (χ0) is 14.8. The van der Waals surface area contributed by atoms with Crippen molar-refractivity contribution in [3.63, 3.8) is 0 Å². The molecule has 0 heterocycles. The number of hydrogen-bond acceptors (Lipinski definition) is 3. The monoisotopic (exact) mass is 284 g/mol. The first-order chi connectivity index (χ1) is 8.50. The summed E-state index contributed by atoms with van der Waals surface area (Å²) in [4.78, 5) is 0. The molecule has 0 atom stereocenters. The molecule has 0 unspecified atom stereocenters. The molecule has 0 aromatic heterocycles. The van der Waals surface area contributed by atoms with E-state index >= 15 is 0 Å². The molecule has 0 radical (unpaired) electrons. The molecule has 0 spiro atoms. The maximum Gasteiger partial charge on any atom is 0.232 e. The lowest BCUT2D eigenvalue weighted by Gasteiger charge is -2.19. The fourth-order valence-electron chi connectivity index (χ4n) is 1.59. The highest BCUT2D eigenvalue weighted by Crippen LogP contribution is 2.25. The van der Waals surface area contributed by atoms with E-state index in [1.54, 1.807) is 12.1 Å². The quantitative estimate of drug-likeness (QED) is 0.835. The Kier molecular flexibility index (Phi) is 4.50. The Morgan fingerprint density at radius 2 is 1.68 bits per heavy atom. The summed E-state index contributed by atoms with van der Waals surface area (Å²) in [6.07, 6.45) is 0.604. The van der Waals surface area contributed by atoms with Crippen molar-refractivity contribution >= 4 is 21.4 Å². The van der Waals surface area contributed by atoms with Gasteiger partial charge in [-0.3, -0.25) is 4.72 Å². The van der Waals surface area contributed by atoms with Crippen LogP contribution in [0.1, 0.15) is 38.3 Å². The maximum absolute atomic E-state index is 12.0. The average molecular weight is 284 g/mol. The molecule has 0 fully saturated rings. The van der Waals surface area contributed by atoms with E-state index in [2.05, 4.69) is 4.72 Å². The zero-order valence-electron chi connectivity index (χ0n) is 12.4. The van der Waals surface area contributed by atoms with Crippen molar-refractivity contribution in [2.24, 2.45) is 5.41 Å². The van der Waals surface area contributed by atoms with E-state index < -0.39 is 10.0 Å². The molecule has 0 amide bonds. The van der Waals surface area contributed by atoms with Gasteiger partial charge in [0.05, 0.1) is 17.1 Å². The molecule has 0 saturated carbocycles. The number of sulfonamides is 1. The summed E-state index contributed by atoms with van der Waals surface area (Å²) in [6.45, 7) is 9.94. The summed E-state index contributed by atoms with van der Waals surface area (Å²) in [5, 5.41) is 0. The molecule has 5 heteroatoms. The molecule has 1 aromatic carbocycles. The average Bonchev–Trinajstić information content (AvgIpc) is 2.22. The molecule has 1 aromatic rings. The number of anilines is 2. The van der Waals surface area contributed by atoms with Crippen LogP contribution in [0.2, 0.25) is 0 Å². The third-order valence-corrected chi connectivity index (χ3v) is 4.32. The number of nitrogens with two attached hydrogens (primary N) is 1. The van der Waals surface area contributed by atoms with Crippen molar-refractivity contribution in [1.82, 2.24) is 0 Å². The van der Waals surface area contributed by atoms with Crippen LogP contribution >= 0.6 is 0 Å². The number of aryl methyl sites for hydroxylation is 2. The minimum absolute atomic E-state index is 0.0104. The minimum Gasteiger partial charge on any atom is -0.397 e. The summed E-state index contributed by atoms with van der Waals surface area (Å²) >= 11 is 0. The topological polar surface area (TPSA) is 72.2 Å². The fraction of sp³-hybridized carbons (Fsp3) is 0.571. The number of nitrogen functional groups attached to an aromatic ring is 1. The molecular formula is C14H24N2O2S. The van der Waals surface area contributed by atoms with E-state index in [0.717, 1.165) is 11.1 Å². The highest BCUT2D eigenvalue weighted by Gasteiger charge is 2.18. The van der Waals surface area contributed by atoms with Gasteiger partial charge in [0.1, 0.15) is 0 Å². The first-order valence-electron chi connectivity index (χ1n) is 6.37. The summed E-state index contributed by atoms with van der Waals surface area (Å²) in [7, 11) is -3.35. The molecular weight excluding hydrogens is 260 g/mol. The predicted molar refractivity (Wildman–Crippen MR) is 81.8 cm³/mol. The second-order valence-corrected chi connectivity index (χ2v) is 8.10. The second kappa shape index (κ2) is 5.41. The molecule has 0 aliphatic heterocycles. The third-order valence-electron chi connectivity index (χ3n) is 3.05. The molecule has 4 nitrogen and oxygen atoms in total. The van der Waals surface area contributed by atoms with Crippen molar-refractivity contribution in [3.8, 4) is 0 Å². The SMILES string of the molecule is Cc1cc(N)c(NS(=O)(=O)CCC(C)(C)C)cc1C. The lowest BCUT2D eigenvalue weighted by Crippen LogP contribution is -2.21. The van der Waals surface area contributed by atoms with E-state index in [-0.39, 0.29) is 11.2 Å². The number of hydrogen-bond donors (Lipinski definition) is 2. The van der Waals surface area contributed by atoms with Crippen LogP contribution in [0.5, 0.6) is 0 Å². The third kappa shape index (κ3) is 5.11. The molecule has 1 rings (SSSR count). The van der Waals surface area contributed by atoms with Crippen LogP contribution in [0.3, 0.4) is 0 Å². The van der Waals surface area contributed by atoms with Crippen LogP contribution in [0.4, 0.5) is 11.4 Å². The van der Waals surface area contributed by atoms with Crippen molar-refractivity contribution in [2.75, 3.05) is 16.2 Å². The lowest BCUT2D eigenvalue weighted by molar-refractivity contribution is 0.397. The summed E-state index contributed by atoms with van der Waals surface area (Å²) in [6, 6.07) is 3.57. The molecule has 0 saturated heterocycles. The van der Waals surface area contributed by atoms with E-state index in [1.165, 1.54) is 0 Å². The van der Waals surface area contributed by atoms with Gasteiger partial charge in [0.2, 0.25) is 10.0 Å². The normalized spacial score (nSPS) is 12.5. The lowest BCUT2D eigenvalue weighted by atomic mass is 9.94. The van der Waals surface area contributed by atoms with E-state index in [0.29, 0.717) is 17.8 Å². The highest BCUT2D eigenvalue weighted by molar-refractivity contribution is 7.92. The molecule has 3 N–H and O–H groups in total. The van der Waals surface area contributed by atoms with Gasteiger partial charge in [0, 0.05) is 0 Å². The van der Waals surface area contributed by atoms with E-state index in [1.807, 2.05) is 34.6 Å². The van der Waals surface area contributed by atoms with Crippen LogP contribution in [0.25, 0.3) is 0 Å². The zero-order valence-corrected chi connectivity index (χ0v) is 13.2. The molecule has 0 aliphatic carbocycles. The Labute approximate surface area is 116 Å². The van der Waals surface area contributed by atoms with Crippen molar-refractivity contribution in [2.45, 2.75) is 41.0 Å². The van der Waals surface area contributed by atoms with Crippen molar-refractivity contribution in [1.29, 1.82) is 0 Å². The molecule has 19 heavy (non-hydrogen) atoms. The van der Waals surface area contributed by atoms with E-state index in [4.69, 9.17) is 5.73 Å². The van der Waals surface area contributed by atoms with E-state index in [9.17, 15) is 8.42 Å². The van der Waals surface area contributed by atoms with Gasteiger partial charge in [-0.25, -0.2) is 8.42 Å². The van der Waals surface area contributed by atoms with Crippen LogP contribution in [-0.2, 0) is 10.0 Å². The Balaban J connectivity index is 2.87. The van der Waals surface area contributed by atoms with Gasteiger partial charge in [0.15, 0.2) is 0 Å². The fourth-order valence-corrected chi connectivity index (χ4v) is 3.08. The Morgan fingerprint density at radius 1 is 1.16 bits per heavy atom. The van der Waals surface area contributed by atoms with Crippen LogP contribution in [-0.4, -0.2) is 14.2 Å². The molecule has 0 bridgehead atoms. The van der Waals surface area contributed by atoms with Crippen LogP contribution < -0.4 is 10.5 Å². The van der Waals surface area contributed by atoms with Gasteiger partial charge in [0.25, 0.3) is 0 Å². The maximum atomic E-state index is 12.0. The minimum atomic E-state index is -3.35. The number of benzene rings is 1. The van der Waals surface area contributed by atoms with Crippen molar-refractivity contribution < 1.29 is 8.42 Å². The largest absolute Gasteiger partial charge is 0.397 e. The smallest absolute Gasteiger partial charge is 0.232 e. The summed E-state index contributed by atoms with van der Waals surface area (Å²) in [5.41, 5.74) is 8.84. The van der Waals surface area contributed by atoms with Gasteiger partial charge in [-0.1, -0.05) is 20.8 Å². The predicted octanol–water partition coefficient (Wildman–Crippen LogP) is 3.06. The summed E-state index contributed by atoms with van der Waals surface area (Å²) < 4.78 is 26.6. The van der Waals surface area contributed by atoms with Gasteiger partial charge >= 0.3 is 0 Å². The highest BCUT2D eigenvalue weighted by atomic mass is 32.2. The van der Waals surface area contributed by atoms with Gasteiger partial charge in [-0.15, -0.1) is 0 Å². The van der Waals surface area contributed by atoms with Gasteiger partial charge in [-0.05, 0) is 48.9 Å². The van der Waals surface area contributed by atoms with Gasteiger partial charge in [-0.2, -0.15) is 0 Å². The Hall–Kier alpha value is -1.23. The number of nitrogens with one attached hydrogen (secondary N) is 1. The van der Waals surface area contributed by atoms with Crippen LogP contribution in [0.15, 0.2) is 12.1 Å². The molecule has 108 valence electrons. The number of rotatable bonds is 4. The Bertz CT molecular complexity index is 558. The Morgan fingerprint density at radius 3 is 2.21 bits per heavy atom. The van der Waals surface area contributed by atoms with Crippen molar-refractivity contribution in [3.05, 3.63) is 23.3 Å². The van der Waals surface area contributed by atoms with Gasteiger partial charge < -0.3 is 5.73 Å². The first-order valence-corrected chi connectivity index (χ1v) is 8.03.